The zero-order valence-corrected chi connectivity index (χ0v) is 17.7. The largest absolute Gasteiger partial charge is 0.378 e. The lowest BCUT2D eigenvalue weighted by Gasteiger charge is -2.11. The zero-order valence-electron chi connectivity index (χ0n) is 16.9. The number of pyridine rings is 1. The van der Waals surface area contributed by atoms with E-state index in [-0.39, 0.29) is 0 Å². The van der Waals surface area contributed by atoms with E-state index in [1.807, 2.05) is 62.8 Å². The Morgan fingerprint density at radius 2 is 1.77 bits per heavy atom. The van der Waals surface area contributed by atoms with Gasteiger partial charge in [0.1, 0.15) is 0 Å². The van der Waals surface area contributed by atoms with Gasteiger partial charge in [0.25, 0.3) is 0 Å². The molecule has 0 saturated heterocycles. The number of anilines is 1. The molecule has 6 nitrogen and oxygen atoms in total. The maximum Gasteiger partial charge on any atom is 0.212 e. The minimum atomic E-state index is 0.667. The number of rotatable bonds is 7. The predicted octanol–water partition coefficient (Wildman–Crippen LogP) is 4.58. The van der Waals surface area contributed by atoms with E-state index in [2.05, 4.69) is 44.3 Å². The molecule has 0 aliphatic rings. The fraction of sp³-hybridized carbons (Fsp3) is 0.130. The molecule has 0 bridgehead atoms. The van der Waals surface area contributed by atoms with E-state index < -0.39 is 0 Å². The van der Waals surface area contributed by atoms with Crippen molar-refractivity contribution in [3.63, 3.8) is 0 Å². The maximum atomic E-state index is 4.70. The first-order valence-corrected chi connectivity index (χ1v) is 10.5. The lowest BCUT2D eigenvalue weighted by atomic mass is 10.2. The Morgan fingerprint density at radius 1 is 0.967 bits per heavy atom. The van der Waals surface area contributed by atoms with Gasteiger partial charge in [-0.15, -0.1) is 10.2 Å². The van der Waals surface area contributed by atoms with Crippen LogP contribution >= 0.6 is 11.8 Å². The lowest BCUT2D eigenvalue weighted by Crippen LogP contribution is -2.08. The van der Waals surface area contributed by atoms with Crippen molar-refractivity contribution in [2.75, 3.05) is 19.0 Å². The molecule has 30 heavy (non-hydrogen) atoms. The van der Waals surface area contributed by atoms with Gasteiger partial charge in [0.15, 0.2) is 5.82 Å². The average molecular weight is 415 g/mol. The van der Waals surface area contributed by atoms with Crippen LogP contribution in [0.1, 0.15) is 11.1 Å². The second-order valence-electron chi connectivity index (χ2n) is 6.86. The first kappa shape index (κ1) is 19.8. The highest BCUT2D eigenvalue weighted by Gasteiger charge is 2.14. The summed E-state index contributed by atoms with van der Waals surface area (Å²) in [6.07, 6.45) is 5.34. The molecule has 0 saturated carbocycles. The maximum absolute atomic E-state index is 4.70. The standard InChI is InChI=1S/C23H22N6S/c1-28(2)21-12-10-18(11-13-21)15-25-29-22(20-9-6-14-24-16-20)26-27-23(29)30-17-19-7-4-3-5-8-19/h3-16H,17H2,1-2H3. The fourth-order valence-corrected chi connectivity index (χ4v) is 3.68. The van der Waals surface area contributed by atoms with Crippen molar-refractivity contribution in [3.8, 4) is 11.4 Å². The van der Waals surface area contributed by atoms with E-state index >= 15 is 0 Å². The smallest absolute Gasteiger partial charge is 0.212 e. The normalized spacial score (nSPS) is 11.1. The van der Waals surface area contributed by atoms with Crippen molar-refractivity contribution in [3.05, 3.63) is 90.3 Å². The van der Waals surface area contributed by atoms with Crippen LogP contribution in [-0.2, 0) is 5.75 Å². The highest BCUT2D eigenvalue weighted by Crippen LogP contribution is 2.26. The number of hydrogen-bond donors (Lipinski definition) is 0. The van der Waals surface area contributed by atoms with Crippen molar-refractivity contribution in [1.29, 1.82) is 0 Å². The van der Waals surface area contributed by atoms with Gasteiger partial charge in [0.05, 0.1) is 6.21 Å². The molecule has 0 aliphatic carbocycles. The van der Waals surface area contributed by atoms with E-state index in [9.17, 15) is 0 Å². The first-order chi connectivity index (χ1) is 14.7. The molecule has 4 aromatic rings. The molecule has 0 spiro atoms. The quantitative estimate of drug-likeness (QED) is 0.327. The van der Waals surface area contributed by atoms with Gasteiger partial charge >= 0.3 is 0 Å². The van der Waals surface area contributed by atoms with E-state index in [1.54, 1.807) is 28.8 Å². The molecule has 7 heteroatoms. The molecule has 0 aliphatic heterocycles. The fourth-order valence-electron chi connectivity index (χ4n) is 2.84. The molecule has 0 radical (unpaired) electrons. The van der Waals surface area contributed by atoms with Gasteiger partial charge in [-0.05, 0) is 35.4 Å². The third kappa shape index (κ3) is 4.75. The van der Waals surface area contributed by atoms with E-state index in [4.69, 9.17) is 5.10 Å². The Hall–Kier alpha value is -3.45. The van der Waals surface area contributed by atoms with Crippen LogP contribution in [0.5, 0.6) is 0 Å². The summed E-state index contributed by atoms with van der Waals surface area (Å²) in [5.41, 5.74) is 4.25. The summed E-state index contributed by atoms with van der Waals surface area (Å²) in [7, 11) is 4.05. The molecular weight excluding hydrogens is 392 g/mol. The first-order valence-electron chi connectivity index (χ1n) is 9.55. The van der Waals surface area contributed by atoms with Gasteiger partial charge in [-0.2, -0.15) is 9.78 Å². The Labute approximate surface area is 180 Å². The van der Waals surface area contributed by atoms with Gasteiger partial charge in [0, 0.05) is 43.5 Å². The van der Waals surface area contributed by atoms with Gasteiger partial charge in [-0.3, -0.25) is 4.98 Å². The van der Waals surface area contributed by atoms with Gasteiger partial charge in [0.2, 0.25) is 5.16 Å². The number of benzene rings is 2. The molecule has 0 atom stereocenters. The molecule has 2 aromatic carbocycles. The summed E-state index contributed by atoms with van der Waals surface area (Å²) in [6, 6.07) is 22.4. The van der Waals surface area contributed by atoms with Crippen molar-refractivity contribution >= 4 is 23.7 Å². The molecular formula is C23H22N6S. The molecule has 0 unspecified atom stereocenters. The molecule has 150 valence electrons. The van der Waals surface area contributed by atoms with Crippen LogP contribution in [-0.4, -0.2) is 40.2 Å². The number of nitrogens with zero attached hydrogens (tertiary/aromatic N) is 6. The molecule has 2 aromatic heterocycles. The van der Waals surface area contributed by atoms with Crippen LogP contribution in [0.2, 0.25) is 0 Å². The Kier molecular flexibility index (Phi) is 6.20. The van der Waals surface area contributed by atoms with Crippen LogP contribution in [0, 0.1) is 0 Å². The van der Waals surface area contributed by atoms with Crippen LogP contribution in [0.25, 0.3) is 11.4 Å². The third-order valence-electron chi connectivity index (χ3n) is 4.47. The topological polar surface area (TPSA) is 59.2 Å². The predicted molar refractivity (Wildman–Crippen MR) is 123 cm³/mol. The summed E-state index contributed by atoms with van der Waals surface area (Å²) in [6.45, 7) is 0. The van der Waals surface area contributed by atoms with Gasteiger partial charge in [-0.25, -0.2) is 0 Å². The van der Waals surface area contributed by atoms with E-state index in [0.717, 1.165) is 27.7 Å². The zero-order chi connectivity index (χ0) is 20.8. The molecule has 0 N–H and O–H groups in total. The van der Waals surface area contributed by atoms with Crippen molar-refractivity contribution < 1.29 is 0 Å². The van der Waals surface area contributed by atoms with Crippen LogP contribution < -0.4 is 4.90 Å². The van der Waals surface area contributed by atoms with Crippen molar-refractivity contribution in [2.24, 2.45) is 5.10 Å². The summed E-state index contributed by atoms with van der Waals surface area (Å²) in [4.78, 5) is 6.27. The van der Waals surface area contributed by atoms with E-state index in [1.165, 1.54) is 5.56 Å². The molecule has 0 fully saturated rings. The van der Waals surface area contributed by atoms with Crippen LogP contribution in [0.15, 0.2) is 89.4 Å². The van der Waals surface area contributed by atoms with E-state index in [0.29, 0.717) is 5.82 Å². The number of aromatic nitrogens is 4. The van der Waals surface area contributed by atoms with Crippen molar-refractivity contribution in [2.45, 2.75) is 10.9 Å². The van der Waals surface area contributed by atoms with Crippen LogP contribution in [0.4, 0.5) is 5.69 Å². The average Bonchev–Trinajstić information content (AvgIpc) is 3.20. The summed E-state index contributed by atoms with van der Waals surface area (Å²) in [5.74, 6) is 1.46. The van der Waals surface area contributed by atoms with Crippen molar-refractivity contribution in [1.82, 2.24) is 19.9 Å². The minimum Gasteiger partial charge on any atom is -0.378 e. The Balaban J connectivity index is 1.63. The van der Waals surface area contributed by atoms with Crippen LogP contribution in [0.3, 0.4) is 0 Å². The monoisotopic (exact) mass is 414 g/mol. The lowest BCUT2D eigenvalue weighted by molar-refractivity contribution is 0.772. The summed E-state index contributed by atoms with van der Waals surface area (Å²) >= 11 is 1.61. The Morgan fingerprint density at radius 3 is 2.47 bits per heavy atom. The SMILES string of the molecule is CN(C)c1ccc(C=Nn2c(SCc3ccccc3)nnc2-c2cccnc2)cc1. The molecule has 4 rings (SSSR count). The molecule has 0 amide bonds. The minimum absolute atomic E-state index is 0.667. The second kappa shape index (κ2) is 9.37. The van der Waals surface area contributed by atoms with Gasteiger partial charge in [-0.1, -0.05) is 54.2 Å². The molecule has 2 heterocycles. The highest BCUT2D eigenvalue weighted by atomic mass is 32.2. The Bertz CT molecular complexity index is 1110. The summed E-state index contributed by atoms with van der Waals surface area (Å²) in [5, 5.41) is 14.2. The highest BCUT2D eigenvalue weighted by molar-refractivity contribution is 7.98. The summed E-state index contributed by atoms with van der Waals surface area (Å²) < 4.78 is 1.78. The second-order valence-corrected chi connectivity index (χ2v) is 7.81. The van der Waals surface area contributed by atoms with Gasteiger partial charge < -0.3 is 4.90 Å². The number of thioether (sulfide) groups is 1. The third-order valence-corrected chi connectivity index (χ3v) is 5.46. The number of hydrogen-bond acceptors (Lipinski definition) is 6.